The Balaban J connectivity index is 1.41. The molecule has 5 heteroatoms. The van der Waals surface area contributed by atoms with E-state index in [0.29, 0.717) is 0 Å². The van der Waals surface area contributed by atoms with Gasteiger partial charge in [-0.25, -0.2) is 0 Å². The number of nitrogens with one attached hydrogen (secondary N) is 1. The molecule has 0 spiro atoms. The molecule has 4 aromatic rings. The predicted octanol–water partition coefficient (Wildman–Crippen LogP) is 4.20. The van der Waals surface area contributed by atoms with E-state index >= 15 is 0 Å². The molecule has 0 atom stereocenters. The number of hydrogen-bond donors (Lipinski definition) is 1. The van der Waals surface area contributed by atoms with Crippen molar-refractivity contribution < 1.29 is 0 Å². The molecule has 2 aromatic carbocycles. The lowest BCUT2D eigenvalue weighted by atomic mass is 10.1. The van der Waals surface area contributed by atoms with Gasteiger partial charge in [0.25, 0.3) is 0 Å². The first kappa shape index (κ1) is 17.5. The number of aromatic nitrogens is 4. The van der Waals surface area contributed by atoms with Gasteiger partial charge in [-0.3, -0.25) is 9.47 Å². The lowest BCUT2D eigenvalue weighted by Crippen LogP contribution is -2.24. The molecular formula is C22H25N5. The Bertz CT molecular complexity index is 973. The van der Waals surface area contributed by atoms with Crippen molar-refractivity contribution >= 4 is 10.9 Å². The summed E-state index contributed by atoms with van der Waals surface area (Å²) >= 11 is 0. The van der Waals surface area contributed by atoms with Crippen molar-refractivity contribution in [2.45, 2.75) is 26.3 Å². The van der Waals surface area contributed by atoms with Gasteiger partial charge in [0, 0.05) is 29.3 Å². The summed E-state index contributed by atoms with van der Waals surface area (Å²) in [6.07, 6.45) is 7.82. The van der Waals surface area contributed by atoms with E-state index in [2.05, 4.69) is 81.7 Å². The van der Waals surface area contributed by atoms with Crippen LogP contribution in [0.3, 0.4) is 0 Å². The van der Waals surface area contributed by atoms with Crippen molar-refractivity contribution in [1.29, 1.82) is 0 Å². The van der Waals surface area contributed by atoms with Gasteiger partial charge >= 0.3 is 0 Å². The van der Waals surface area contributed by atoms with Crippen LogP contribution in [-0.4, -0.2) is 37.7 Å². The summed E-state index contributed by atoms with van der Waals surface area (Å²) < 4.78 is 1.94. The van der Waals surface area contributed by atoms with Crippen molar-refractivity contribution in [2.24, 2.45) is 0 Å². The first-order chi connectivity index (χ1) is 13.3. The van der Waals surface area contributed by atoms with Gasteiger partial charge in [0.1, 0.15) is 12.7 Å². The standard InChI is InChI=1S/C22H25N5/c1-2-26(15-18-7-4-3-5-8-18)12-6-9-19-14-23-22-11-10-20(13-21(19)22)27-16-24-25-17-27/h3-5,7-8,10-11,13-14,16-17,23H,2,6,9,12,15H2,1H3. The first-order valence-electron chi connectivity index (χ1n) is 9.55. The fourth-order valence-corrected chi connectivity index (χ4v) is 3.55. The van der Waals surface area contributed by atoms with E-state index in [1.807, 2.05) is 4.57 Å². The molecule has 0 aliphatic rings. The second-order valence-corrected chi connectivity index (χ2v) is 6.87. The average molecular weight is 359 g/mol. The molecule has 5 nitrogen and oxygen atoms in total. The topological polar surface area (TPSA) is 49.7 Å². The van der Waals surface area contributed by atoms with Gasteiger partial charge in [0.15, 0.2) is 0 Å². The number of fused-ring (bicyclic) bond motifs is 1. The number of rotatable bonds is 8. The van der Waals surface area contributed by atoms with E-state index in [4.69, 9.17) is 0 Å². The summed E-state index contributed by atoms with van der Waals surface area (Å²) in [6.45, 7) is 5.42. The van der Waals surface area contributed by atoms with Crippen LogP contribution in [0.15, 0.2) is 67.4 Å². The van der Waals surface area contributed by atoms with E-state index in [9.17, 15) is 0 Å². The van der Waals surface area contributed by atoms with E-state index in [1.165, 1.54) is 22.0 Å². The predicted molar refractivity (Wildman–Crippen MR) is 109 cm³/mol. The highest BCUT2D eigenvalue weighted by Gasteiger charge is 2.08. The van der Waals surface area contributed by atoms with E-state index in [-0.39, 0.29) is 0 Å². The summed E-state index contributed by atoms with van der Waals surface area (Å²) in [5, 5.41) is 9.09. The highest BCUT2D eigenvalue weighted by molar-refractivity contribution is 5.85. The van der Waals surface area contributed by atoms with Crippen LogP contribution < -0.4 is 0 Å². The quantitative estimate of drug-likeness (QED) is 0.513. The molecule has 0 saturated carbocycles. The summed E-state index contributed by atoms with van der Waals surface area (Å²) in [4.78, 5) is 5.91. The fraction of sp³-hybridized carbons (Fsp3) is 0.273. The lowest BCUT2D eigenvalue weighted by molar-refractivity contribution is 0.276. The molecule has 0 bridgehead atoms. The molecule has 0 aliphatic carbocycles. The Hall–Kier alpha value is -2.92. The van der Waals surface area contributed by atoms with Crippen LogP contribution >= 0.6 is 0 Å². The molecule has 4 rings (SSSR count). The summed E-state index contributed by atoms with van der Waals surface area (Å²) in [5.41, 5.74) is 5.02. The van der Waals surface area contributed by atoms with E-state index in [1.54, 1.807) is 12.7 Å². The molecule has 0 aliphatic heterocycles. The number of hydrogen-bond acceptors (Lipinski definition) is 3. The Morgan fingerprint density at radius 2 is 1.85 bits per heavy atom. The van der Waals surface area contributed by atoms with Gasteiger partial charge in [0.2, 0.25) is 0 Å². The number of aryl methyl sites for hydroxylation is 1. The van der Waals surface area contributed by atoms with Crippen molar-refractivity contribution in [1.82, 2.24) is 24.6 Å². The largest absolute Gasteiger partial charge is 0.361 e. The van der Waals surface area contributed by atoms with Gasteiger partial charge in [0.05, 0.1) is 0 Å². The molecule has 1 N–H and O–H groups in total. The average Bonchev–Trinajstić information content (AvgIpc) is 3.38. The van der Waals surface area contributed by atoms with Gasteiger partial charge in [-0.1, -0.05) is 37.3 Å². The molecule has 0 saturated heterocycles. The monoisotopic (exact) mass is 359 g/mol. The smallest absolute Gasteiger partial charge is 0.123 e. The lowest BCUT2D eigenvalue weighted by Gasteiger charge is -2.20. The molecule has 138 valence electrons. The van der Waals surface area contributed by atoms with Gasteiger partial charge in [-0.05, 0) is 55.3 Å². The zero-order valence-electron chi connectivity index (χ0n) is 15.7. The van der Waals surface area contributed by atoms with Gasteiger partial charge in [-0.2, -0.15) is 0 Å². The van der Waals surface area contributed by atoms with Crippen molar-refractivity contribution in [3.63, 3.8) is 0 Å². The minimum Gasteiger partial charge on any atom is -0.361 e. The number of H-pyrrole nitrogens is 1. The Morgan fingerprint density at radius 1 is 1.04 bits per heavy atom. The van der Waals surface area contributed by atoms with Crippen LogP contribution in [0.5, 0.6) is 0 Å². The molecule has 27 heavy (non-hydrogen) atoms. The summed E-state index contributed by atoms with van der Waals surface area (Å²) in [7, 11) is 0. The highest BCUT2D eigenvalue weighted by Crippen LogP contribution is 2.23. The normalized spacial score (nSPS) is 11.5. The first-order valence-corrected chi connectivity index (χ1v) is 9.55. The maximum atomic E-state index is 3.90. The third-order valence-electron chi connectivity index (χ3n) is 5.08. The molecule has 0 radical (unpaired) electrons. The summed E-state index contributed by atoms with van der Waals surface area (Å²) in [6, 6.07) is 17.1. The minimum atomic E-state index is 1.02. The maximum Gasteiger partial charge on any atom is 0.123 e. The Kier molecular flexibility index (Phi) is 5.30. The Labute approximate surface area is 159 Å². The van der Waals surface area contributed by atoms with Crippen molar-refractivity contribution in [3.8, 4) is 5.69 Å². The molecule has 0 fully saturated rings. The molecule has 0 unspecified atom stereocenters. The molecular weight excluding hydrogens is 334 g/mol. The fourth-order valence-electron chi connectivity index (χ4n) is 3.55. The Morgan fingerprint density at radius 3 is 2.63 bits per heavy atom. The maximum absolute atomic E-state index is 3.90. The van der Waals surface area contributed by atoms with Gasteiger partial charge in [-0.15, -0.1) is 10.2 Å². The van der Waals surface area contributed by atoms with Crippen LogP contribution in [0.4, 0.5) is 0 Å². The van der Waals surface area contributed by atoms with Crippen LogP contribution in [0.1, 0.15) is 24.5 Å². The van der Waals surface area contributed by atoms with Crippen molar-refractivity contribution in [3.05, 3.63) is 78.5 Å². The van der Waals surface area contributed by atoms with Crippen LogP contribution in [0, 0.1) is 0 Å². The van der Waals surface area contributed by atoms with Crippen LogP contribution in [0.2, 0.25) is 0 Å². The molecule has 2 heterocycles. The second kappa shape index (κ2) is 8.18. The van der Waals surface area contributed by atoms with E-state index in [0.717, 1.165) is 38.2 Å². The highest BCUT2D eigenvalue weighted by atomic mass is 15.2. The van der Waals surface area contributed by atoms with Gasteiger partial charge < -0.3 is 4.98 Å². The molecule has 2 aromatic heterocycles. The third-order valence-corrected chi connectivity index (χ3v) is 5.08. The number of nitrogens with zero attached hydrogens (tertiary/aromatic N) is 4. The van der Waals surface area contributed by atoms with Crippen molar-refractivity contribution in [2.75, 3.05) is 13.1 Å². The van der Waals surface area contributed by atoms with Crippen LogP contribution in [-0.2, 0) is 13.0 Å². The number of benzene rings is 2. The zero-order valence-corrected chi connectivity index (χ0v) is 15.7. The molecule has 0 amide bonds. The minimum absolute atomic E-state index is 1.02. The third kappa shape index (κ3) is 4.09. The SMILES string of the molecule is CCN(CCCc1c[nH]c2ccc(-n3cnnc3)cc12)Cc1ccccc1. The van der Waals surface area contributed by atoms with E-state index < -0.39 is 0 Å². The second-order valence-electron chi connectivity index (χ2n) is 6.87. The zero-order chi connectivity index (χ0) is 18.5. The van der Waals surface area contributed by atoms with Crippen LogP contribution in [0.25, 0.3) is 16.6 Å². The number of aromatic amines is 1. The summed E-state index contributed by atoms with van der Waals surface area (Å²) in [5.74, 6) is 0.